The van der Waals surface area contributed by atoms with Crippen molar-refractivity contribution in [3.8, 4) is 0 Å². The van der Waals surface area contributed by atoms with Gasteiger partial charge in [-0.3, -0.25) is 4.79 Å². The molecule has 0 spiro atoms. The van der Waals surface area contributed by atoms with Gasteiger partial charge in [-0.15, -0.1) is 0 Å². The van der Waals surface area contributed by atoms with Crippen molar-refractivity contribution in [3.05, 3.63) is 11.9 Å². The van der Waals surface area contributed by atoms with Gasteiger partial charge in [0, 0.05) is 37.7 Å². The zero-order valence-electron chi connectivity index (χ0n) is 15.2. The maximum atomic E-state index is 12.2. The van der Waals surface area contributed by atoms with E-state index in [1.54, 1.807) is 4.90 Å². The summed E-state index contributed by atoms with van der Waals surface area (Å²) in [6.07, 6.45) is 1.83. The Kier molecular flexibility index (Phi) is 4.53. The molecule has 2 aliphatic rings. The summed E-state index contributed by atoms with van der Waals surface area (Å²) >= 11 is 0. The molecule has 8 nitrogen and oxygen atoms in total. The molecule has 136 valence electrons. The molecule has 2 aliphatic heterocycles. The number of hydrogen-bond acceptors (Lipinski definition) is 6. The number of hydrogen-bond donors (Lipinski definition) is 1. The van der Waals surface area contributed by atoms with Crippen molar-refractivity contribution < 1.29 is 14.3 Å². The predicted molar refractivity (Wildman–Crippen MR) is 93.5 cm³/mol. The summed E-state index contributed by atoms with van der Waals surface area (Å²) in [6, 6.07) is 0. The minimum absolute atomic E-state index is 0.00750. The number of rotatable bonds is 1. The number of fused-ring (bicyclic) bond motifs is 1. The van der Waals surface area contributed by atoms with E-state index in [0.717, 1.165) is 11.4 Å². The zero-order chi connectivity index (χ0) is 18.2. The topological polar surface area (TPSA) is 87.7 Å². The first kappa shape index (κ1) is 17.4. The van der Waals surface area contributed by atoms with E-state index in [2.05, 4.69) is 20.2 Å². The van der Waals surface area contributed by atoms with Gasteiger partial charge in [-0.25, -0.2) is 14.8 Å². The van der Waals surface area contributed by atoms with Crippen LogP contribution in [0.1, 0.15) is 33.3 Å². The van der Waals surface area contributed by atoms with E-state index in [4.69, 9.17) is 4.74 Å². The number of carbonyl (C=O) groups is 2. The Labute approximate surface area is 147 Å². The Morgan fingerprint density at radius 3 is 2.56 bits per heavy atom. The van der Waals surface area contributed by atoms with Crippen LogP contribution >= 0.6 is 0 Å². The van der Waals surface area contributed by atoms with Crippen LogP contribution < -0.4 is 10.2 Å². The van der Waals surface area contributed by atoms with Crippen molar-refractivity contribution >= 4 is 23.6 Å². The highest BCUT2D eigenvalue weighted by molar-refractivity contribution is 5.95. The number of nitrogens with one attached hydrogen (secondary N) is 1. The molecule has 1 unspecified atom stereocenters. The van der Waals surface area contributed by atoms with Crippen LogP contribution in [-0.2, 0) is 16.0 Å². The molecule has 0 aromatic carbocycles. The third-order valence-corrected chi connectivity index (χ3v) is 4.35. The molecule has 3 heterocycles. The number of ether oxygens (including phenoxy) is 1. The van der Waals surface area contributed by atoms with Crippen LogP contribution in [-0.4, -0.2) is 58.6 Å². The molecule has 8 heteroatoms. The van der Waals surface area contributed by atoms with E-state index in [-0.39, 0.29) is 17.9 Å². The molecule has 1 aromatic rings. The average Bonchev–Trinajstić information content (AvgIpc) is 2.54. The Morgan fingerprint density at radius 2 is 1.92 bits per heavy atom. The highest BCUT2D eigenvalue weighted by Crippen LogP contribution is 2.30. The van der Waals surface area contributed by atoms with Crippen molar-refractivity contribution in [2.24, 2.45) is 5.92 Å². The first-order chi connectivity index (χ1) is 11.7. The molecule has 1 fully saturated rings. The standard InChI is InChI=1S/C17H25N5O3/c1-11-9-12-13(20-15(11)23)18-10-19-14(12)21-5-7-22(8-6-21)16(24)25-17(2,3)4/h10-11H,5-9H2,1-4H3,(H,18,19,20,23). The summed E-state index contributed by atoms with van der Waals surface area (Å²) in [6.45, 7) is 9.99. The maximum Gasteiger partial charge on any atom is 0.410 e. The van der Waals surface area contributed by atoms with Gasteiger partial charge in [0.1, 0.15) is 23.6 Å². The third-order valence-electron chi connectivity index (χ3n) is 4.35. The number of anilines is 2. The summed E-state index contributed by atoms with van der Waals surface area (Å²) in [5, 5.41) is 2.84. The fraction of sp³-hybridized carbons (Fsp3) is 0.647. The van der Waals surface area contributed by atoms with Crippen LogP contribution in [0.15, 0.2) is 6.33 Å². The van der Waals surface area contributed by atoms with Crippen LogP contribution in [0.3, 0.4) is 0 Å². The van der Waals surface area contributed by atoms with Gasteiger partial charge in [-0.1, -0.05) is 6.92 Å². The van der Waals surface area contributed by atoms with Crippen LogP contribution in [0.25, 0.3) is 0 Å². The first-order valence-electron chi connectivity index (χ1n) is 8.62. The van der Waals surface area contributed by atoms with Gasteiger partial charge in [0.25, 0.3) is 0 Å². The van der Waals surface area contributed by atoms with E-state index in [0.29, 0.717) is 38.4 Å². The second-order valence-corrected chi connectivity index (χ2v) is 7.57. The molecular formula is C17H25N5O3. The van der Waals surface area contributed by atoms with Crippen LogP contribution in [0, 0.1) is 5.92 Å². The maximum absolute atomic E-state index is 12.2. The van der Waals surface area contributed by atoms with E-state index in [9.17, 15) is 9.59 Å². The molecule has 1 N–H and O–H groups in total. The Balaban J connectivity index is 1.69. The molecule has 0 bridgehead atoms. The van der Waals surface area contributed by atoms with E-state index >= 15 is 0 Å². The van der Waals surface area contributed by atoms with Gasteiger partial charge in [-0.2, -0.15) is 0 Å². The molecule has 2 amide bonds. The zero-order valence-corrected chi connectivity index (χ0v) is 15.2. The lowest BCUT2D eigenvalue weighted by Gasteiger charge is -2.37. The molecule has 1 atom stereocenters. The van der Waals surface area contributed by atoms with Crippen LogP contribution in [0.4, 0.5) is 16.4 Å². The van der Waals surface area contributed by atoms with Gasteiger partial charge in [0.2, 0.25) is 5.91 Å². The minimum atomic E-state index is -0.492. The highest BCUT2D eigenvalue weighted by atomic mass is 16.6. The summed E-state index contributed by atoms with van der Waals surface area (Å²) in [5.41, 5.74) is 0.481. The van der Waals surface area contributed by atoms with Gasteiger partial charge in [0.15, 0.2) is 0 Å². The van der Waals surface area contributed by atoms with Gasteiger partial charge in [0.05, 0.1) is 0 Å². The van der Waals surface area contributed by atoms with Gasteiger partial charge in [-0.05, 0) is 27.2 Å². The number of amides is 2. The fourth-order valence-electron chi connectivity index (χ4n) is 3.04. The highest BCUT2D eigenvalue weighted by Gasteiger charge is 2.31. The average molecular weight is 347 g/mol. The first-order valence-corrected chi connectivity index (χ1v) is 8.62. The molecule has 3 rings (SSSR count). The summed E-state index contributed by atoms with van der Waals surface area (Å²) in [7, 11) is 0. The number of aromatic nitrogens is 2. The van der Waals surface area contributed by atoms with Crippen LogP contribution in [0.2, 0.25) is 0 Å². The third kappa shape index (κ3) is 3.83. The SMILES string of the molecule is CC1Cc2c(ncnc2N2CCN(C(=O)OC(C)(C)C)CC2)NC1=O. The summed E-state index contributed by atoms with van der Waals surface area (Å²) < 4.78 is 5.43. The molecule has 0 radical (unpaired) electrons. The molecular weight excluding hydrogens is 322 g/mol. The lowest BCUT2D eigenvalue weighted by molar-refractivity contribution is -0.119. The number of nitrogens with zero attached hydrogens (tertiary/aromatic N) is 4. The van der Waals surface area contributed by atoms with Crippen molar-refractivity contribution in [2.45, 2.75) is 39.7 Å². The minimum Gasteiger partial charge on any atom is -0.444 e. The quantitative estimate of drug-likeness (QED) is 0.831. The summed E-state index contributed by atoms with van der Waals surface area (Å²) in [4.78, 5) is 36.5. The smallest absolute Gasteiger partial charge is 0.410 e. The van der Waals surface area contributed by atoms with Gasteiger partial charge < -0.3 is 19.9 Å². The summed E-state index contributed by atoms with van der Waals surface area (Å²) in [5.74, 6) is 1.34. The monoisotopic (exact) mass is 347 g/mol. The van der Waals surface area contributed by atoms with Gasteiger partial charge >= 0.3 is 6.09 Å². The Bertz CT molecular complexity index is 677. The van der Waals surface area contributed by atoms with Crippen molar-refractivity contribution in [1.29, 1.82) is 0 Å². The molecule has 0 saturated carbocycles. The van der Waals surface area contributed by atoms with Crippen molar-refractivity contribution in [3.63, 3.8) is 0 Å². The Hall–Kier alpha value is -2.38. The van der Waals surface area contributed by atoms with Crippen LogP contribution in [0.5, 0.6) is 0 Å². The van der Waals surface area contributed by atoms with Crippen molar-refractivity contribution in [2.75, 3.05) is 36.4 Å². The lowest BCUT2D eigenvalue weighted by Crippen LogP contribution is -2.50. The fourth-order valence-corrected chi connectivity index (χ4v) is 3.04. The van der Waals surface area contributed by atoms with E-state index in [1.807, 2.05) is 27.7 Å². The van der Waals surface area contributed by atoms with E-state index < -0.39 is 5.60 Å². The number of piperazine rings is 1. The lowest BCUT2D eigenvalue weighted by atomic mass is 9.97. The second kappa shape index (κ2) is 6.50. The molecule has 1 aromatic heterocycles. The number of carbonyl (C=O) groups excluding carboxylic acids is 2. The normalized spacial score (nSPS) is 20.8. The molecule has 25 heavy (non-hydrogen) atoms. The van der Waals surface area contributed by atoms with E-state index in [1.165, 1.54) is 6.33 Å². The second-order valence-electron chi connectivity index (χ2n) is 7.57. The molecule has 1 saturated heterocycles. The Morgan fingerprint density at radius 1 is 1.24 bits per heavy atom. The molecule has 0 aliphatic carbocycles. The van der Waals surface area contributed by atoms with Crippen molar-refractivity contribution in [1.82, 2.24) is 14.9 Å². The largest absolute Gasteiger partial charge is 0.444 e. The predicted octanol–water partition coefficient (Wildman–Crippen LogP) is 1.66.